The Hall–Kier alpha value is -1.47. The Morgan fingerprint density at radius 2 is 2.09 bits per heavy atom. The van der Waals surface area contributed by atoms with Crippen LogP contribution in [-0.4, -0.2) is 52.1 Å². The number of methoxy groups -OCH3 is 1. The Bertz CT molecular complexity index is 635. The van der Waals surface area contributed by atoms with Crippen LogP contribution in [0.15, 0.2) is 12.1 Å². The first-order chi connectivity index (χ1) is 10.8. The van der Waals surface area contributed by atoms with Gasteiger partial charge in [-0.05, 0) is 25.0 Å². The Labute approximate surface area is 137 Å². The van der Waals surface area contributed by atoms with E-state index in [1.54, 1.807) is 0 Å². The summed E-state index contributed by atoms with van der Waals surface area (Å²) in [7, 11) is 1.36. The number of hydrogen-bond acceptors (Lipinski definition) is 4. The quantitative estimate of drug-likeness (QED) is 0.893. The molecule has 2 heterocycles. The molecule has 1 aromatic heterocycles. The lowest BCUT2D eigenvalue weighted by molar-refractivity contribution is -0.0959. The predicted molar refractivity (Wildman–Crippen MR) is 79.0 cm³/mol. The molecule has 1 N–H and O–H groups in total. The van der Waals surface area contributed by atoms with Crippen molar-refractivity contribution in [2.75, 3.05) is 13.7 Å². The minimum Gasteiger partial charge on any atom is -0.480 e. The first-order valence-corrected chi connectivity index (χ1v) is 7.78. The van der Waals surface area contributed by atoms with Crippen LogP contribution >= 0.6 is 11.6 Å². The highest BCUT2D eigenvalue weighted by Gasteiger charge is 2.64. The van der Waals surface area contributed by atoms with Gasteiger partial charge in [-0.1, -0.05) is 24.4 Å². The molecule has 0 radical (unpaired) electrons. The summed E-state index contributed by atoms with van der Waals surface area (Å²) in [5, 5.41) is 10.3. The maximum absolute atomic E-state index is 14.1. The summed E-state index contributed by atoms with van der Waals surface area (Å²) < 4.78 is 33.1. The highest BCUT2D eigenvalue weighted by molar-refractivity contribution is 6.31. The molecule has 1 amide bonds. The fourth-order valence-electron chi connectivity index (χ4n) is 3.62. The van der Waals surface area contributed by atoms with Crippen molar-refractivity contribution in [3.05, 3.63) is 22.8 Å². The minimum absolute atomic E-state index is 0.0255. The van der Waals surface area contributed by atoms with E-state index in [0.717, 1.165) is 4.90 Å². The van der Waals surface area contributed by atoms with Gasteiger partial charge in [-0.3, -0.25) is 4.79 Å². The molecule has 1 saturated heterocycles. The zero-order valence-electron chi connectivity index (χ0n) is 12.6. The average Bonchev–Trinajstić information content (AvgIpc) is 3.08. The lowest BCUT2D eigenvalue weighted by atomic mass is 9.90. The van der Waals surface area contributed by atoms with Gasteiger partial charge >= 0.3 is 0 Å². The Morgan fingerprint density at radius 3 is 2.70 bits per heavy atom. The van der Waals surface area contributed by atoms with E-state index in [1.165, 1.54) is 19.2 Å². The van der Waals surface area contributed by atoms with E-state index in [0.29, 0.717) is 25.7 Å². The summed E-state index contributed by atoms with van der Waals surface area (Å²) in [4.78, 5) is 17.8. The van der Waals surface area contributed by atoms with Crippen molar-refractivity contribution in [2.24, 2.45) is 0 Å². The van der Waals surface area contributed by atoms with Crippen LogP contribution in [0.25, 0.3) is 0 Å². The molecule has 5 nitrogen and oxygen atoms in total. The number of carbonyl (C=O) groups is 1. The molecule has 2 fully saturated rings. The van der Waals surface area contributed by atoms with Crippen molar-refractivity contribution in [3.63, 3.8) is 0 Å². The molecule has 1 atom stereocenters. The van der Waals surface area contributed by atoms with Gasteiger partial charge in [0.1, 0.15) is 16.8 Å². The number of aliphatic hydroxyl groups excluding tert-OH is 1. The van der Waals surface area contributed by atoms with E-state index < -0.39 is 30.0 Å². The van der Waals surface area contributed by atoms with Gasteiger partial charge in [-0.25, -0.2) is 13.8 Å². The molecule has 8 heteroatoms. The van der Waals surface area contributed by atoms with Crippen molar-refractivity contribution < 1.29 is 23.4 Å². The number of nitrogens with zero attached hydrogens (tertiary/aromatic N) is 2. The van der Waals surface area contributed by atoms with E-state index in [1.807, 2.05) is 0 Å². The first-order valence-electron chi connectivity index (χ1n) is 7.40. The van der Waals surface area contributed by atoms with E-state index in [9.17, 15) is 18.7 Å². The summed E-state index contributed by atoms with van der Waals surface area (Å²) >= 11 is 5.88. The molecular weight excluding hydrogens is 330 g/mol. The molecule has 126 valence electrons. The van der Waals surface area contributed by atoms with Gasteiger partial charge in [-0.2, -0.15) is 0 Å². The van der Waals surface area contributed by atoms with Gasteiger partial charge in [-0.15, -0.1) is 0 Å². The fourth-order valence-corrected chi connectivity index (χ4v) is 3.81. The predicted octanol–water partition coefficient (Wildman–Crippen LogP) is 2.51. The number of amides is 1. The molecule has 1 aliphatic carbocycles. The molecule has 0 aromatic carbocycles. The molecule has 3 rings (SSSR count). The van der Waals surface area contributed by atoms with Gasteiger partial charge < -0.3 is 14.7 Å². The Morgan fingerprint density at radius 1 is 1.43 bits per heavy atom. The summed E-state index contributed by atoms with van der Waals surface area (Å²) in [6.07, 6.45) is 0.277. The van der Waals surface area contributed by atoms with Gasteiger partial charge in [0, 0.05) is 0 Å². The van der Waals surface area contributed by atoms with Crippen LogP contribution in [0.3, 0.4) is 0 Å². The largest absolute Gasteiger partial charge is 0.480 e. The van der Waals surface area contributed by atoms with Crippen LogP contribution in [0.2, 0.25) is 5.02 Å². The molecule has 1 aliphatic heterocycles. The minimum atomic E-state index is -3.32. The average molecular weight is 347 g/mol. The molecule has 1 unspecified atom stereocenters. The second kappa shape index (κ2) is 5.56. The third-order valence-corrected chi connectivity index (χ3v) is 5.04. The van der Waals surface area contributed by atoms with Crippen LogP contribution in [0.5, 0.6) is 5.88 Å². The topological polar surface area (TPSA) is 62.7 Å². The fraction of sp³-hybridized carbons (Fsp3) is 0.600. The van der Waals surface area contributed by atoms with Gasteiger partial charge in [0.25, 0.3) is 11.8 Å². The smallest absolute Gasteiger partial charge is 0.292 e. The maximum atomic E-state index is 14.1. The number of hydrogen-bond donors (Lipinski definition) is 1. The number of rotatable bonds is 2. The Kier molecular flexibility index (Phi) is 3.96. The monoisotopic (exact) mass is 346 g/mol. The second-order valence-electron chi connectivity index (χ2n) is 6.05. The van der Waals surface area contributed by atoms with Crippen molar-refractivity contribution in [1.82, 2.24) is 9.88 Å². The number of carbonyl (C=O) groups excluding carboxylic acids is 1. The highest BCUT2D eigenvalue weighted by atomic mass is 35.5. The molecule has 1 spiro atoms. The summed E-state index contributed by atoms with van der Waals surface area (Å²) in [5.74, 6) is -3.90. The molecular formula is C15H17ClF2N2O3. The molecule has 23 heavy (non-hydrogen) atoms. The van der Waals surface area contributed by atoms with Crippen LogP contribution in [0.4, 0.5) is 8.78 Å². The number of ether oxygens (including phenoxy) is 1. The lowest BCUT2D eigenvalue weighted by Crippen LogP contribution is -2.52. The van der Waals surface area contributed by atoms with Gasteiger partial charge in [0.05, 0.1) is 19.2 Å². The van der Waals surface area contributed by atoms with Crippen LogP contribution < -0.4 is 4.74 Å². The standard InChI is InChI=1S/C15H17ClF2N2O3/c1-23-11-9(16)4-5-10(19-11)12(21)20-8-15(17,18)13(22)14(20)6-2-3-7-14/h4-5,13,22H,2-3,6-8H2,1H3. The van der Waals surface area contributed by atoms with Crippen LogP contribution in [0, 0.1) is 0 Å². The number of aromatic nitrogens is 1. The highest BCUT2D eigenvalue weighted by Crippen LogP contribution is 2.49. The number of alkyl halides is 2. The van der Waals surface area contributed by atoms with Crippen LogP contribution in [0.1, 0.15) is 36.2 Å². The van der Waals surface area contributed by atoms with Gasteiger partial charge in [0.15, 0.2) is 0 Å². The zero-order chi connectivity index (χ0) is 16.8. The van der Waals surface area contributed by atoms with Crippen molar-refractivity contribution in [3.8, 4) is 5.88 Å². The number of pyridine rings is 1. The molecule has 0 bridgehead atoms. The van der Waals surface area contributed by atoms with E-state index in [-0.39, 0.29) is 16.6 Å². The number of halogens is 3. The van der Waals surface area contributed by atoms with Crippen molar-refractivity contribution >= 4 is 17.5 Å². The lowest BCUT2D eigenvalue weighted by Gasteiger charge is -2.36. The number of aliphatic hydroxyl groups is 1. The summed E-state index contributed by atoms with van der Waals surface area (Å²) in [6, 6.07) is 2.81. The molecule has 1 aromatic rings. The first kappa shape index (κ1) is 16.4. The van der Waals surface area contributed by atoms with E-state index >= 15 is 0 Å². The Balaban J connectivity index is 1.98. The summed E-state index contributed by atoms with van der Waals surface area (Å²) in [6.45, 7) is -0.806. The van der Waals surface area contributed by atoms with Crippen molar-refractivity contribution in [1.29, 1.82) is 0 Å². The molecule has 2 aliphatic rings. The van der Waals surface area contributed by atoms with E-state index in [4.69, 9.17) is 16.3 Å². The SMILES string of the molecule is COc1nc(C(=O)N2CC(F)(F)C(O)C23CCCC3)ccc1Cl. The third-order valence-electron chi connectivity index (χ3n) is 4.76. The second-order valence-corrected chi connectivity index (χ2v) is 6.46. The normalized spacial score (nSPS) is 25.1. The van der Waals surface area contributed by atoms with E-state index in [2.05, 4.69) is 4.98 Å². The van der Waals surface area contributed by atoms with Crippen molar-refractivity contribution in [2.45, 2.75) is 43.2 Å². The van der Waals surface area contributed by atoms with Gasteiger partial charge in [0.2, 0.25) is 5.88 Å². The maximum Gasteiger partial charge on any atom is 0.292 e. The molecule has 1 saturated carbocycles. The summed E-state index contributed by atoms with van der Waals surface area (Å²) in [5.41, 5.74) is -1.24. The third kappa shape index (κ3) is 2.46. The number of likely N-dealkylation sites (tertiary alicyclic amines) is 1. The zero-order valence-corrected chi connectivity index (χ0v) is 13.3. The van der Waals surface area contributed by atoms with Crippen LogP contribution in [-0.2, 0) is 0 Å².